The van der Waals surface area contributed by atoms with Gasteiger partial charge >= 0.3 is 0 Å². The summed E-state index contributed by atoms with van der Waals surface area (Å²) in [5.41, 5.74) is 3.02. The molecule has 0 spiro atoms. The van der Waals surface area contributed by atoms with Crippen molar-refractivity contribution in [2.75, 3.05) is 0 Å². The number of rotatable bonds is 6. The maximum Gasteiger partial charge on any atom is 0.0829 e. The van der Waals surface area contributed by atoms with Crippen LogP contribution in [0.25, 0.3) is 0 Å². The van der Waals surface area contributed by atoms with E-state index >= 15 is 0 Å². The molecule has 2 fully saturated rings. The highest BCUT2D eigenvalue weighted by atomic mass is 19.1. The molecule has 0 aromatic heterocycles. The third-order valence-corrected chi connectivity index (χ3v) is 6.93. The SMILES string of the molecule is CCc1ccc([C@H]2CC[C@H](CC[C@H]3CC[C@H](C=CF)CC3)CC2)cc1. The van der Waals surface area contributed by atoms with E-state index in [9.17, 15) is 4.39 Å². The van der Waals surface area contributed by atoms with Crippen molar-refractivity contribution in [3.63, 3.8) is 0 Å². The fourth-order valence-corrected chi connectivity index (χ4v) is 5.05. The number of aryl methyl sites for hydroxylation is 1. The maximum absolute atomic E-state index is 12.3. The van der Waals surface area contributed by atoms with E-state index in [-0.39, 0.29) is 0 Å². The van der Waals surface area contributed by atoms with Crippen molar-refractivity contribution < 1.29 is 4.39 Å². The highest BCUT2D eigenvalue weighted by Gasteiger charge is 2.24. The molecule has 3 rings (SSSR count). The minimum absolute atomic E-state index is 0.510. The largest absolute Gasteiger partial charge is 0.216 e. The average molecular weight is 343 g/mol. The summed E-state index contributed by atoms with van der Waals surface area (Å²) in [6.07, 6.45) is 17.1. The Labute approximate surface area is 153 Å². The van der Waals surface area contributed by atoms with Gasteiger partial charge in [-0.3, -0.25) is 0 Å². The van der Waals surface area contributed by atoms with Crippen molar-refractivity contribution in [1.29, 1.82) is 0 Å². The van der Waals surface area contributed by atoms with E-state index in [0.29, 0.717) is 5.92 Å². The quantitative estimate of drug-likeness (QED) is 0.499. The van der Waals surface area contributed by atoms with E-state index < -0.39 is 0 Å². The van der Waals surface area contributed by atoms with E-state index in [0.717, 1.165) is 30.5 Å². The van der Waals surface area contributed by atoms with Crippen LogP contribution in [-0.2, 0) is 6.42 Å². The Morgan fingerprint density at radius 3 is 1.92 bits per heavy atom. The minimum atomic E-state index is 0.510. The van der Waals surface area contributed by atoms with Crippen LogP contribution in [0.3, 0.4) is 0 Å². The Bertz CT molecular complexity index is 514. The molecule has 1 aromatic carbocycles. The molecule has 0 N–H and O–H groups in total. The fraction of sp³-hybridized carbons (Fsp3) is 0.667. The van der Waals surface area contributed by atoms with Gasteiger partial charge in [0, 0.05) is 0 Å². The molecule has 0 saturated heterocycles. The monoisotopic (exact) mass is 342 g/mol. The predicted octanol–water partition coefficient (Wildman–Crippen LogP) is 7.59. The summed E-state index contributed by atoms with van der Waals surface area (Å²) in [6, 6.07) is 9.37. The Morgan fingerprint density at radius 1 is 0.840 bits per heavy atom. The lowest BCUT2D eigenvalue weighted by molar-refractivity contribution is 0.245. The molecule has 0 bridgehead atoms. The molecule has 0 amide bonds. The summed E-state index contributed by atoms with van der Waals surface area (Å²) in [4.78, 5) is 0. The van der Waals surface area contributed by atoms with Crippen molar-refractivity contribution in [1.82, 2.24) is 0 Å². The third kappa shape index (κ3) is 5.43. The Hall–Kier alpha value is -1.11. The number of allylic oxidation sites excluding steroid dienone is 1. The van der Waals surface area contributed by atoms with Gasteiger partial charge in [0.25, 0.3) is 0 Å². The molecule has 0 atom stereocenters. The fourth-order valence-electron chi connectivity index (χ4n) is 5.05. The molecule has 1 heteroatoms. The topological polar surface area (TPSA) is 0 Å². The molecule has 0 aliphatic heterocycles. The van der Waals surface area contributed by atoms with E-state index in [1.54, 1.807) is 11.6 Å². The molecule has 0 unspecified atom stereocenters. The summed E-state index contributed by atoms with van der Waals surface area (Å²) < 4.78 is 12.3. The lowest BCUT2D eigenvalue weighted by atomic mass is 9.74. The van der Waals surface area contributed by atoms with Crippen molar-refractivity contribution in [2.24, 2.45) is 17.8 Å². The van der Waals surface area contributed by atoms with Gasteiger partial charge in [0.15, 0.2) is 0 Å². The normalized spacial score (nSPS) is 30.6. The maximum atomic E-state index is 12.3. The van der Waals surface area contributed by atoms with Crippen LogP contribution in [0.4, 0.5) is 4.39 Å². The summed E-state index contributed by atoms with van der Waals surface area (Å²) in [5.74, 6) is 3.17. The second-order valence-electron chi connectivity index (χ2n) is 8.49. The molecule has 2 saturated carbocycles. The molecule has 0 radical (unpaired) electrons. The van der Waals surface area contributed by atoms with Crippen LogP contribution >= 0.6 is 0 Å². The molecular formula is C24H35F. The first-order valence-electron chi connectivity index (χ1n) is 10.6. The molecule has 2 aliphatic carbocycles. The minimum Gasteiger partial charge on any atom is -0.216 e. The van der Waals surface area contributed by atoms with E-state index in [1.165, 1.54) is 69.8 Å². The highest BCUT2D eigenvalue weighted by molar-refractivity contribution is 5.25. The molecule has 25 heavy (non-hydrogen) atoms. The summed E-state index contributed by atoms with van der Waals surface area (Å²) >= 11 is 0. The van der Waals surface area contributed by atoms with Crippen LogP contribution in [-0.4, -0.2) is 0 Å². The molecule has 2 aliphatic rings. The van der Waals surface area contributed by atoms with Crippen molar-refractivity contribution in [3.8, 4) is 0 Å². The van der Waals surface area contributed by atoms with Crippen LogP contribution in [0.5, 0.6) is 0 Å². The number of hydrogen-bond acceptors (Lipinski definition) is 0. The number of hydrogen-bond donors (Lipinski definition) is 0. The van der Waals surface area contributed by atoms with Crippen LogP contribution < -0.4 is 0 Å². The zero-order chi connectivity index (χ0) is 17.5. The molecular weight excluding hydrogens is 307 g/mol. The molecule has 0 nitrogen and oxygen atoms in total. The van der Waals surface area contributed by atoms with Gasteiger partial charge < -0.3 is 0 Å². The Balaban J connectivity index is 1.36. The summed E-state index contributed by atoms with van der Waals surface area (Å²) in [7, 11) is 0. The van der Waals surface area contributed by atoms with E-state index in [1.807, 2.05) is 0 Å². The van der Waals surface area contributed by atoms with Gasteiger partial charge in [-0.2, -0.15) is 0 Å². The highest BCUT2D eigenvalue weighted by Crippen LogP contribution is 2.39. The van der Waals surface area contributed by atoms with Crippen LogP contribution in [0, 0.1) is 17.8 Å². The van der Waals surface area contributed by atoms with Crippen LogP contribution in [0.1, 0.15) is 88.2 Å². The van der Waals surface area contributed by atoms with Gasteiger partial charge in [-0.05, 0) is 92.6 Å². The smallest absolute Gasteiger partial charge is 0.0829 e. The summed E-state index contributed by atoms with van der Waals surface area (Å²) in [6.45, 7) is 2.23. The average Bonchev–Trinajstić information content (AvgIpc) is 2.68. The second kappa shape index (κ2) is 9.55. The summed E-state index contributed by atoms with van der Waals surface area (Å²) in [5, 5.41) is 0. The van der Waals surface area contributed by atoms with Gasteiger partial charge in [-0.1, -0.05) is 50.1 Å². The Kier molecular flexibility index (Phi) is 7.13. The van der Waals surface area contributed by atoms with Crippen LogP contribution in [0.15, 0.2) is 36.7 Å². The first-order chi connectivity index (χ1) is 12.3. The van der Waals surface area contributed by atoms with E-state index in [2.05, 4.69) is 31.2 Å². The lowest BCUT2D eigenvalue weighted by Crippen LogP contribution is -2.17. The number of halogens is 1. The molecule has 0 heterocycles. The predicted molar refractivity (Wildman–Crippen MR) is 105 cm³/mol. The van der Waals surface area contributed by atoms with Gasteiger partial charge in [-0.15, -0.1) is 0 Å². The van der Waals surface area contributed by atoms with Gasteiger partial charge in [0.1, 0.15) is 0 Å². The third-order valence-electron chi connectivity index (χ3n) is 6.93. The number of benzene rings is 1. The van der Waals surface area contributed by atoms with E-state index in [4.69, 9.17) is 0 Å². The Morgan fingerprint density at radius 2 is 1.40 bits per heavy atom. The molecule has 1 aromatic rings. The van der Waals surface area contributed by atoms with Crippen LogP contribution in [0.2, 0.25) is 0 Å². The van der Waals surface area contributed by atoms with Gasteiger partial charge in [0.05, 0.1) is 6.33 Å². The van der Waals surface area contributed by atoms with Gasteiger partial charge in [-0.25, -0.2) is 4.39 Å². The molecule has 138 valence electrons. The zero-order valence-corrected chi connectivity index (χ0v) is 15.9. The standard InChI is InChI=1S/C24H35F/c1-2-19-9-13-23(14-10-19)24-15-11-21(12-16-24)4-3-20-5-7-22(8-6-20)17-18-25/h9-10,13-14,17-18,20-22,24H,2-8,11-12,15-16H2,1H3/t20-,21-,22-,24-. The van der Waals surface area contributed by atoms with Crippen molar-refractivity contribution >= 4 is 0 Å². The first-order valence-corrected chi connectivity index (χ1v) is 10.6. The van der Waals surface area contributed by atoms with Crippen molar-refractivity contribution in [2.45, 2.75) is 83.5 Å². The van der Waals surface area contributed by atoms with Crippen molar-refractivity contribution in [3.05, 3.63) is 47.8 Å². The zero-order valence-electron chi connectivity index (χ0n) is 15.9. The first kappa shape index (κ1) is 18.7. The van der Waals surface area contributed by atoms with Gasteiger partial charge in [0.2, 0.25) is 0 Å². The lowest BCUT2D eigenvalue weighted by Gasteiger charge is -2.31. The second-order valence-corrected chi connectivity index (χ2v) is 8.49.